The number of ether oxygens (including phenoxy) is 2. The first-order valence-corrected chi connectivity index (χ1v) is 9.34. The number of anilines is 1. The molecule has 1 atom stereocenters. The number of aromatic carboxylic acids is 1. The van der Waals surface area contributed by atoms with E-state index in [1.807, 2.05) is 0 Å². The Kier molecular flexibility index (Phi) is 5.90. The van der Waals surface area contributed by atoms with E-state index >= 15 is 0 Å². The van der Waals surface area contributed by atoms with Crippen molar-refractivity contribution in [3.63, 3.8) is 0 Å². The van der Waals surface area contributed by atoms with Crippen molar-refractivity contribution in [2.24, 2.45) is 0 Å². The predicted octanol–water partition coefficient (Wildman–Crippen LogP) is 6.48. The average molecular weight is 525 g/mol. The SMILES string of the molecule is O=C(O)c1c(Cl)c(Cl)c(Cl)c(Cl)c1C(=O)Nc1ccc2c(c1)OC(F)(Cl)C(F)(F)O2. The molecule has 3 rings (SSSR count). The van der Waals surface area contributed by atoms with Crippen LogP contribution in [-0.2, 0) is 0 Å². The van der Waals surface area contributed by atoms with Crippen LogP contribution in [0.15, 0.2) is 18.2 Å². The first-order chi connectivity index (χ1) is 13.8. The Bertz CT molecular complexity index is 1100. The third-order valence-electron chi connectivity index (χ3n) is 3.72. The number of carboxylic acid groups (broad SMARTS) is 1. The Hall–Kier alpha value is -1.78. The molecule has 30 heavy (non-hydrogen) atoms. The number of nitrogens with one attached hydrogen (secondary N) is 1. The van der Waals surface area contributed by atoms with Crippen LogP contribution in [0.5, 0.6) is 11.5 Å². The van der Waals surface area contributed by atoms with Gasteiger partial charge in [-0.1, -0.05) is 46.4 Å². The summed E-state index contributed by atoms with van der Waals surface area (Å²) in [6, 6.07) is 2.93. The first kappa shape index (κ1) is 22.9. The molecule has 0 fully saturated rings. The summed E-state index contributed by atoms with van der Waals surface area (Å²) in [5.74, 6) is -3.85. The highest BCUT2D eigenvalue weighted by molar-refractivity contribution is 6.54. The number of carboxylic acids is 1. The van der Waals surface area contributed by atoms with E-state index in [1.165, 1.54) is 0 Å². The van der Waals surface area contributed by atoms with Gasteiger partial charge in [0, 0.05) is 11.8 Å². The molecule has 14 heteroatoms. The molecule has 160 valence electrons. The van der Waals surface area contributed by atoms with Gasteiger partial charge in [0.25, 0.3) is 5.91 Å². The molecule has 0 radical (unpaired) electrons. The van der Waals surface area contributed by atoms with Crippen LogP contribution < -0.4 is 14.8 Å². The van der Waals surface area contributed by atoms with E-state index in [9.17, 15) is 27.9 Å². The summed E-state index contributed by atoms with van der Waals surface area (Å²) in [7, 11) is 0. The van der Waals surface area contributed by atoms with E-state index in [2.05, 4.69) is 14.8 Å². The number of carbonyl (C=O) groups is 2. The van der Waals surface area contributed by atoms with E-state index in [0.29, 0.717) is 0 Å². The van der Waals surface area contributed by atoms with Crippen molar-refractivity contribution in [3.8, 4) is 11.5 Å². The van der Waals surface area contributed by atoms with Crippen molar-refractivity contribution in [1.82, 2.24) is 0 Å². The zero-order valence-corrected chi connectivity index (χ0v) is 17.6. The minimum atomic E-state index is -4.48. The number of amides is 1. The number of hydrogen-bond donors (Lipinski definition) is 2. The lowest BCUT2D eigenvalue weighted by molar-refractivity contribution is -0.303. The summed E-state index contributed by atoms with van der Waals surface area (Å²) in [6.07, 6.45) is -4.48. The minimum Gasteiger partial charge on any atom is -0.478 e. The molecule has 0 aliphatic carbocycles. The monoisotopic (exact) mass is 523 g/mol. The van der Waals surface area contributed by atoms with Crippen molar-refractivity contribution >= 4 is 75.6 Å². The molecule has 0 saturated carbocycles. The summed E-state index contributed by atoms with van der Waals surface area (Å²) < 4.78 is 49.2. The lowest BCUT2D eigenvalue weighted by Crippen LogP contribution is -2.51. The van der Waals surface area contributed by atoms with Crippen LogP contribution in [0, 0.1) is 0 Å². The van der Waals surface area contributed by atoms with Gasteiger partial charge < -0.3 is 19.9 Å². The normalized spacial score (nSPS) is 19.3. The van der Waals surface area contributed by atoms with E-state index in [0.717, 1.165) is 18.2 Å². The smallest absolute Gasteiger partial charge is 0.478 e. The molecule has 0 spiro atoms. The fraction of sp³-hybridized carbons (Fsp3) is 0.125. The molecule has 0 bridgehead atoms. The average Bonchev–Trinajstić information content (AvgIpc) is 2.63. The van der Waals surface area contributed by atoms with Gasteiger partial charge in [-0.25, -0.2) is 4.79 Å². The number of hydrogen-bond acceptors (Lipinski definition) is 4. The van der Waals surface area contributed by atoms with Crippen LogP contribution in [0.3, 0.4) is 0 Å². The van der Waals surface area contributed by atoms with Crippen molar-refractivity contribution in [2.45, 2.75) is 11.4 Å². The summed E-state index contributed by atoms with van der Waals surface area (Å²) in [5, 5.41) is 5.83. The maximum absolute atomic E-state index is 13.8. The molecule has 1 aliphatic rings. The van der Waals surface area contributed by atoms with E-state index in [-0.39, 0.29) is 15.7 Å². The number of rotatable bonds is 3. The third kappa shape index (κ3) is 3.80. The number of halogens is 8. The van der Waals surface area contributed by atoms with E-state index in [1.54, 1.807) is 0 Å². The number of benzene rings is 2. The van der Waals surface area contributed by atoms with Crippen LogP contribution >= 0.6 is 58.0 Å². The van der Waals surface area contributed by atoms with Gasteiger partial charge in [0.15, 0.2) is 11.5 Å². The van der Waals surface area contributed by atoms with Crippen LogP contribution in [0.25, 0.3) is 0 Å². The lowest BCUT2D eigenvalue weighted by atomic mass is 10.1. The zero-order valence-electron chi connectivity index (χ0n) is 13.8. The molecule has 1 heterocycles. The Morgan fingerprint density at radius 2 is 1.47 bits per heavy atom. The van der Waals surface area contributed by atoms with Crippen LogP contribution in [-0.4, -0.2) is 28.4 Å². The van der Waals surface area contributed by atoms with Gasteiger partial charge in [0.1, 0.15) is 0 Å². The highest BCUT2D eigenvalue weighted by Crippen LogP contribution is 2.49. The molecule has 1 amide bonds. The molecule has 2 aromatic carbocycles. The molecular weight excluding hydrogens is 520 g/mol. The van der Waals surface area contributed by atoms with Gasteiger partial charge in [-0.15, -0.1) is 0 Å². The quantitative estimate of drug-likeness (QED) is 0.272. The Morgan fingerprint density at radius 3 is 2.03 bits per heavy atom. The van der Waals surface area contributed by atoms with Gasteiger partial charge in [0.05, 0.1) is 31.2 Å². The van der Waals surface area contributed by atoms with Gasteiger partial charge >= 0.3 is 17.4 Å². The summed E-state index contributed by atoms with van der Waals surface area (Å²) in [4.78, 5) is 24.2. The van der Waals surface area contributed by atoms with E-state index < -0.39 is 56.0 Å². The predicted molar refractivity (Wildman–Crippen MR) is 104 cm³/mol. The Labute approximate surface area is 190 Å². The van der Waals surface area contributed by atoms with Gasteiger partial charge in [-0.3, -0.25) is 4.79 Å². The molecule has 0 aromatic heterocycles. The second-order valence-corrected chi connectivity index (χ2v) is 7.66. The minimum absolute atomic E-state index is 0.144. The standard InChI is InChI=1S/C16H5Cl5F3NO5/c17-9-7(8(14(27)28)10(18)12(20)11(9)19)13(26)25-4-1-2-5-6(3-4)29-15(21,22)16(23,24)30-5/h1-3H,(H,25,26)(H,27,28). The second kappa shape index (κ2) is 7.72. The summed E-state index contributed by atoms with van der Waals surface area (Å²) in [6.45, 7) is 0. The highest BCUT2D eigenvalue weighted by Gasteiger charge is 2.63. The third-order valence-corrected chi connectivity index (χ3v) is 5.82. The van der Waals surface area contributed by atoms with Gasteiger partial charge in [-0.2, -0.15) is 13.2 Å². The Morgan fingerprint density at radius 1 is 0.900 bits per heavy atom. The number of alkyl halides is 4. The maximum atomic E-state index is 13.8. The van der Waals surface area contributed by atoms with Crippen molar-refractivity contribution in [2.75, 3.05) is 5.32 Å². The molecule has 6 nitrogen and oxygen atoms in total. The topological polar surface area (TPSA) is 84.9 Å². The summed E-state index contributed by atoms with van der Waals surface area (Å²) >= 11 is 28.5. The fourth-order valence-corrected chi connectivity index (χ4v) is 3.53. The van der Waals surface area contributed by atoms with E-state index in [4.69, 9.17) is 58.0 Å². The maximum Gasteiger partial charge on any atom is 0.488 e. The van der Waals surface area contributed by atoms with Crippen molar-refractivity contribution < 1.29 is 37.3 Å². The molecule has 1 unspecified atom stereocenters. The van der Waals surface area contributed by atoms with Crippen molar-refractivity contribution in [3.05, 3.63) is 49.4 Å². The Balaban J connectivity index is 2.00. The molecule has 0 saturated heterocycles. The van der Waals surface area contributed by atoms with Crippen LogP contribution in [0.2, 0.25) is 20.1 Å². The van der Waals surface area contributed by atoms with Crippen LogP contribution in [0.1, 0.15) is 20.7 Å². The molecule has 2 aromatic rings. The first-order valence-electron chi connectivity index (χ1n) is 7.45. The highest BCUT2D eigenvalue weighted by atomic mass is 35.5. The molecule has 2 N–H and O–H groups in total. The molecular formula is C16H5Cl5F3NO5. The number of carbonyl (C=O) groups excluding carboxylic acids is 1. The van der Waals surface area contributed by atoms with Gasteiger partial charge in [-0.05, 0) is 23.7 Å². The largest absolute Gasteiger partial charge is 0.488 e. The van der Waals surface area contributed by atoms with Crippen LogP contribution in [0.4, 0.5) is 18.9 Å². The lowest BCUT2D eigenvalue weighted by Gasteiger charge is -2.33. The fourth-order valence-electron chi connectivity index (χ4n) is 2.38. The summed E-state index contributed by atoms with van der Waals surface area (Å²) in [5.41, 5.74) is -1.49. The van der Waals surface area contributed by atoms with Gasteiger partial charge in [0.2, 0.25) is 0 Å². The second-order valence-electron chi connectivity index (χ2n) is 5.66. The zero-order chi connectivity index (χ0) is 22.6. The number of fused-ring (bicyclic) bond motifs is 1. The van der Waals surface area contributed by atoms with Crippen molar-refractivity contribution in [1.29, 1.82) is 0 Å². The molecule has 1 aliphatic heterocycles.